The molecule has 0 spiro atoms. The van der Waals surface area contributed by atoms with Gasteiger partial charge in [-0.05, 0) is 31.9 Å². The first-order valence-electron chi connectivity index (χ1n) is 8.67. The number of para-hydroxylation sites is 1. The smallest absolute Gasteiger partial charge is 0.230 e. The van der Waals surface area contributed by atoms with Crippen molar-refractivity contribution in [2.24, 2.45) is 11.8 Å². The van der Waals surface area contributed by atoms with Gasteiger partial charge in [-0.15, -0.1) is 0 Å². The highest BCUT2D eigenvalue weighted by Gasteiger charge is 2.51. The lowest BCUT2D eigenvalue weighted by Crippen LogP contribution is -2.40. The minimum atomic E-state index is -3.03. The van der Waals surface area contributed by atoms with Crippen LogP contribution in [0.4, 0.5) is 5.69 Å². The van der Waals surface area contributed by atoms with Crippen LogP contribution in [0.2, 0.25) is 0 Å². The van der Waals surface area contributed by atoms with E-state index in [1.54, 1.807) is 16.8 Å². The van der Waals surface area contributed by atoms with Crippen LogP contribution in [0, 0.1) is 11.8 Å². The summed E-state index contributed by atoms with van der Waals surface area (Å²) < 4.78 is 23.2. The second-order valence-electron chi connectivity index (χ2n) is 6.87. The van der Waals surface area contributed by atoms with Crippen molar-refractivity contribution in [3.8, 4) is 0 Å². The third-order valence-electron chi connectivity index (χ3n) is 5.18. The number of nitrogens with zero attached hydrogens (tertiary/aromatic N) is 2. The van der Waals surface area contributed by atoms with Crippen LogP contribution in [0.25, 0.3) is 0 Å². The summed E-state index contributed by atoms with van der Waals surface area (Å²) in [5, 5.41) is 0. The van der Waals surface area contributed by atoms with E-state index in [0.717, 1.165) is 5.69 Å². The van der Waals surface area contributed by atoms with Gasteiger partial charge in [-0.1, -0.05) is 18.2 Å². The molecule has 1 saturated heterocycles. The van der Waals surface area contributed by atoms with Crippen LogP contribution >= 0.6 is 0 Å². The van der Waals surface area contributed by atoms with Gasteiger partial charge in [0.2, 0.25) is 11.8 Å². The van der Waals surface area contributed by atoms with E-state index in [1.165, 1.54) is 0 Å². The Morgan fingerprint density at radius 2 is 1.76 bits per heavy atom. The first kappa shape index (κ1) is 17.9. The van der Waals surface area contributed by atoms with Crippen LogP contribution in [-0.2, 0) is 19.4 Å². The largest absolute Gasteiger partial charge is 0.341 e. The fourth-order valence-electron chi connectivity index (χ4n) is 3.54. The van der Waals surface area contributed by atoms with Crippen LogP contribution in [0.1, 0.15) is 19.8 Å². The maximum atomic E-state index is 12.8. The Bertz CT molecular complexity index is 763. The number of hydrogen-bond donors (Lipinski definition) is 0. The molecule has 2 aliphatic rings. The topological polar surface area (TPSA) is 74.8 Å². The predicted molar refractivity (Wildman–Crippen MR) is 95.9 cm³/mol. The van der Waals surface area contributed by atoms with Crippen LogP contribution in [0.5, 0.6) is 0 Å². The van der Waals surface area contributed by atoms with E-state index in [-0.39, 0.29) is 41.2 Å². The number of benzene rings is 1. The van der Waals surface area contributed by atoms with Crippen molar-refractivity contribution in [1.82, 2.24) is 4.90 Å². The highest BCUT2D eigenvalue weighted by molar-refractivity contribution is 7.91. The average Bonchev–Trinajstić information content (AvgIpc) is 3.32. The van der Waals surface area contributed by atoms with Crippen molar-refractivity contribution in [2.75, 3.05) is 30.0 Å². The average molecular weight is 364 g/mol. The Balaban J connectivity index is 1.63. The Labute approximate surface area is 148 Å². The molecule has 1 aromatic rings. The molecule has 25 heavy (non-hydrogen) atoms. The fraction of sp³-hybridized carbons (Fsp3) is 0.556. The molecule has 3 atom stereocenters. The highest BCUT2D eigenvalue weighted by atomic mass is 32.2. The summed E-state index contributed by atoms with van der Waals surface area (Å²) in [4.78, 5) is 28.6. The highest BCUT2D eigenvalue weighted by Crippen LogP contribution is 2.42. The van der Waals surface area contributed by atoms with Crippen molar-refractivity contribution in [2.45, 2.75) is 25.8 Å². The van der Waals surface area contributed by atoms with Gasteiger partial charge < -0.3 is 9.80 Å². The quantitative estimate of drug-likeness (QED) is 0.790. The number of sulfone groups is 1. The van der Waals surface area contributed by atoms with Gasteiger partial charge in [0.15, 0.2) is 9.84 Å². The first-order valence-corrected chi connectivity index (χ1v) is 10.5. The van der Waals surface area contributed by atoms with Gasteiger partial charge in [-0.3, -0.25) is 9.59 Å². The zero-order chi connectivity index (χ0) is 18.2. The molecule has 2 amide bonds. The minimum absolute atomic E-state index is 0.0282. The molecular formula is C18H24N2O4S. The second-order valence-corrected chi connectivity index (χ2v) is 9.10. The molecular weight excluding hydrogens is 340 g/mol. The molecule has 0 radical (unpaired) electrons. The summed E-state index contributed by atoms with van der Waals surface area (Å²) in [5.41, 5.74) is 0.836. The van der Waals surface area contributed by atoms with Crippen molar-refractivity contribution in [3.63, 3.8) is 0 Å². The Hall–Kier alpha value is -1.89. The van der Waals surface area contributed by atoms with Crippen LogP contribution in [0.3, 0.4) is 0 Å². The standard InChI is InChI=1S/C18H24N2O4S/c1-3-20(13-7-5-4-6-8-13)18(22)16-11-15(16)17(21)19(2)14-9-10-25(23,24)12-14/h4-8,14-16H,3,9-12H2,1-2H3. The molecule has 1 aliphatic heterocycles. The summed E-state index contributed by atoms with van der Waals surface area (Å²) in [6.07, 6.45) is 1.03. The first-order chi connectivity index (χ1) is 11.8. The normalized spacial score (nSPS) is 26.9. The minimum Gasteiger partial charge on any atom is -0.341 e. The maximum Gasteiger partial charge on any atom is 0.230 e. The number of carbonyl (C=O) groups is 2. The molecule has 3 rings (SSSR count). The summed E-state index contributed by atoms with van der Waals surface area (Å²) in [5.74, 6) is -0.582. The molecule has 7 heteroatoms. The zero-order valence-electron chi connectivity index (χ0n) is 14.6. The molecule has 1 aliphatic carbocycles. The van der Waals surface area contributed by atoms with Gasteiger partial charge >= 0.3 is 0 Å². The molecule has 2 fully saturated rings. The maximum absolute atomic E-state index is 12.8. The van der Waals surface area contributed by atoms with Gasteiger partial charge in [0.25, 0.3) is 0 Å². The van der Waals surface area contributed by atoms with E-state index >= 15 is 0 Å². The monoisotopic (exact) mass is 364 g/mol. The Morgan fingerprint density at radius 1 is 1.12 bits per heavy atom. The summed E-state index contributed by atoms with van der Waals surface area (Å²) in [6.45, 7) is 2.47. The van der Waals surface area contributed by atoms with Gasteiger partial charge in [0, 0.05) is 25.3 Å². The third kappa shape index (κ3) is 3.71. The fourth-order valence-corrected chi connectivity index (χ4v) is 5.31. The lowest BCUT2D eigenvalue weighted by atomic mass is 10.2. The van der Waals surface area contributed by atoms with Gasteiger partial charge in [0.1, 0.15) is 0 Å². The van der Waals surface area contributed by atoms with E-state index in [0.29, 0.717) is 19.4 Å². The molecule has 3 unspecified atom stereocenters. The zero-order valence-corrected chi connectivity index (χ0v) is 15.4. The lowest BCUT2D eigenvalue weighted by molar-refractivity contribution is -0.134. The number of anilines is 1. The predicted octanol–water partition coefficient (Wildman–Crippen LogP) is 1.32. The van der Waals surface area contributed by atoms with E-state index in [4.69, 9.17) is 0 Å². The number of hydrogen-bond acceptors (Lipinski definition) is 4. The van der Waals surface area contributed by atoms with Crippen molar-refractivity contribution in [3.05, 3.63) is 30.3 Å². The summed E-state index contributed by atoms with van der Waals surface area (Å²) in [6, 6.07) is 9.18. The second kappa shape index (κ2) is 6.78. The van der Waals surface area contributed by atoms with E-state index in [2.05, 4.69) is 0 Å². The summed E-state index contributed by atoms with van der Waals surface area (Å²) >= 11 is 0. The molecule has 0 bridgehead atoms. The molecule has 136 valence electrons. The number of carbonyl (C=O) groups excluding carboxylic acids is 2. The van der Waals surface area contributed by atoms with Crippen LogP contribution < -0.4 is 4.90 Å². The Morgan fingerprint density at radius 3 is 2.32 bits per heavy atom. The van der Waals surface area contributed by atoms with Crippen molar-refractivity contribution in [1.29, 1.82) is 0 Å². The van der Waals surface area contributed by atoms with E-state index in [1.807, 2.05) is 37.3 Å². The molecule has 1 heterocycles. The molecule has 6 nitrogen and oxygen atoms in total. The Kier molecular flexibility index (Phi) is 4.86. The molecule has 0 N–H and O–H groups in total. The summed E-state index contributed by atoms with van der Waals surface area (Å²) in [7, 11) is -1.38. The van der Waals surface area contributed by atoms with Gasteiger partial charge in [-0.25, -0.2) is 8.42 Å². The molecule has 1 saturated carbocycles. The van der Waals surface area contributed by atoms with Crippen molar-refractivity contribution < 1.29 is 18.0 Å². The molecule has 1 aromatic carbocycles. The SMILES string of the molecule is CCN(C(=O)C1CC1C(=O)N(C)C1CCS(=O)(=O)C1)c1ccccc1. The van der Waals surface area contributed by atoms with E-state index < -0.39 is 9.84 Å². The number of amides is 2. The van der Waals surface area contributed by atoms with Crippen LogP contribution in [-0.4, -0.2) is 56.3 Å². The van der Waals surface area contributed by atoms with Crippen LogP contribution in [0.15, 0.2) is 30.3 Å². The van der Waals surface area contributed by atoms with Gasteiger partial charge in [-0.2, -0.15) is 0 Å². The lowest BCUT2D eigenvalue weighted by Gasteiger charge is -2.24. The third-order valence-corrected chi connectivity index (χ3v) is 6.93. The van der Waals surface area contributed by atoms with E-state index in [9.17, 15) is 18.0 Å². The van der Waals surface area contributed by atoms with Gasteiger partial charge in [0.05, 0.1) is 23.3 Å². The number of rotatable bonds is 5. The molecule has 0 aromatic heterocycles. The van der Waals surface area contributed by atoms with Crippen molar-refractivity contribution >= 4 is 27.3 Å².